The molecule has 0 saturated carbocycles. The van der Waals surface area contributed by atoms with Gasteiger partial charge in [-0.25, -0.2) is 5.43 Å². The summed E-state index contributed by atoms with van der Waals surface area (Å²) in [6.45, 7) is 1.87. The number of nitrogens with one attached hydrogen (secondary N) is 2. The lowest BCUT2D eigenvalue weighted by molar-refractivity contribution is -0.120. The molecule has 0 saturated heterocycles. The van der Waals surface area contributed by atoms with Gasteiger partial charge in [0.05, 0.1) is 12.8 Å². The van der Waals surface area contributed by atoms with Crippen molar-refractivity contribution in [2.24, 2.45) is 5.10 Å². The molecule has 22 heavy (non-hydrogen) atoms. The van der Waals surface area contributed by atoms with Gasteiger partial charge in [-0.3, -0.25) is 9.59 Å². The summed E-state index contributed by atoms with van der Waals surface area (Å²) < 4.78 is 0. The zero-order chi connectivity index (χ0) is 15.8. The number of hydrazone groups is 1. The summed E-state index contributed by atoms with van der Waals surface area (Å²) in [6, 6.07) is 16.5. The summed E-state index contributed by atoms with van der Waals surface area (Å²) in [7, 11) is 0. The third-order valence-corrected chi connectivity index (χ3v) is 2.93. The number of carbonyl (C=O) groups is 2. The van der Waals surface area contributed by atoms with Gasteiger partial charge in [0.15, 0.2) is 0 Å². The minimum atomic E-state index is -0.382. The van der Waals surface area contributed by atoms with Gasteiger partial charge in [0.2, 0.25) is 0 Å². The van der Waals surface area contributed by atoms with E-state index in [-0.39, 0.29) is 18.4 Å². The molecule has 2 N–H and O–H groups in total. The zero-order valence-corrected chi connectivity index (χ0v) is 12.2. The van der Waals surface area contributed by atoms with Gasteiger partial charge in [-0.2, -0.15) is 5.10 Å². The lowest BCUT2D eigenvalue weighted by Crippen LogP contribution is -2.34. The fraction of sp³-hybridized carbons (Fsp3) is 0.118. The third kappa shape index (κ3) is 4.86. The molecule has 2 aromatic rings. The molecule has 0 aliphatic carbocycles. The van der Waals surface area contributed by atoms with E-state index in [4.69, 9.17) is 0 Å². The van der Waals surface area contributed by atoms with E-state index in [1.54, 1.807) is 30.5 Å². The van der Waals surface area contributed by atoms with Crippen LogP contribution in [0.4, 0.5) is 0 Å². The van der Waals surface area contributed by atoms with Crippen LogP contribution in [0, 0.1) is 6.92 Å². The maximum absolute atomic E-state index is 11.7. The molecule has 5 heteroatoms. The van der Waals surface area contributed by atoms with Crippen molar-refractivity contribution in [3.05, 3.63) is 71.3 Å². The summed E-state index contributed by atoms with van der Waals surface area (Å²) in [6.07, 6.45) is 1.55. The van der Waals surface area contributed by atoms with E-state index in [0.717, 1.165) is 11.1 Å². The van der Waals surface area contributed by atoms with E-state index in [0.29, 0.717) is 5.56 Å². The third-order valence-electron chi connectivity index (χ3n) is 2.93. The number of nitrogens with zero attached hydrogens (tertiary/aromatic N) is 1. The van der Waals surface area contributed by atoms with Crippen LogP contribution in [0.5, 0.6) is 0 Å². The summed E-state index contributed by atoms with van der Waals surface area (Å²) in [4.78, 5) is 23.3. The summed E-state index contributed by atoms with van der Waals surface area (Å²) in [5.41, 5.74) is 4.93. The molecule has 0 aliphatic heterocycles. The van der Waals surface area contributed by atoms with E-state index in [2.05, 4.69) is 15.8 Å². The first-order valence-corrected chi connectivity index (χ1v) is 6.87. The molecule has 0 aromatic heterocycles. The van der Waals surface area contributed by atoms with Crippen LogP contribution in [0.25, 0.3) is 0 Å². The molecule has 2 rings (SSSR count). The van der Waals surface area contributed by atoms with Crippen molar-refractivity contribution in [1.82, 2.24) is 10.7 Å². The molecule has 5 nitrogen and oxygen atoms in total. The van der Waals surface area contributed by atoms with Crippen LogP contribution < -0.4 is 10.7 Å². The predicted molar refractivity (Wildman–Crippen MR) is 85.7 cm³/mol. The highest BCUT2D eigenvalue weighted by molar-refractivity contribution is 5.96. The number of amides is 2. The molecule has 0 spiro atoms. The highest BCUT2D eigenvalue weighted by Gasteiger charge is 2.06. The molecule has 0 fully saturated rings. The number of rotatable bonds is 5. The van der Waals surface area contributed by atoms with Crippen LogP contribution in [-0.2, 0) is 4.79 Å². The first-order chi connectivity index (χ1) is 10.6. The molecular formula is C17H17N3O2. The Kier molecular flexibility index (Phi) is 5.43. The second-order valence-electron chi connectivity index (χ2n) is 4.75. The zero-order valence-electron chi connectivity index (χ0n) is 12.2. The largest absolute Gasteiger partial charge is 0.343 e. The van der Waals surface area contributed by atoms with E-state index < -0.39 is 0 Å². The Morgan fingerprint density at radius 1 is 1.05 bits per heavy atom. The molecule has 112 valence electrons. The topological polar surface area (TPSA) is 70.6 Å². The van der Waals surface area contributed by atoms with E-state index in [1.165, 1.54) is 0 Å². The normalized spacial score (nSPS) is 10.4. The Hall–Kier alpha value is -2.95. The Balaban J connectivity index is 1.76. The van der Waals surface area contributed by atoms with Gasteiger partial charge in [0, 0.05) is 5.56 Å². The molecule has 2 amide bonds. The van der Waals surface area contributed by atoms with Gasteiger partial charge in [0.1, 0.15) is 0 Å². The highest BCUT2D eigenvalue weighted by atomic mass is 16.2. The highest BCUT2D eigenvalue weighted by Crippen LogP contribution is 2.00. The SMILES string of the molecule is Cc1ccc(/C=N/NC(=O)CNC(=O)c2ccccc2)cc1. The van der Waals surface area contributed by atoms with E-state index >= 15 is 0 Å². The smallest absolute Gasteiger partial charge is 0.259 e. The molecule has 0 radical (unpaired) electrons. The molecule has 0 bridgehead atoms. The molecule has 0 aliphatic rings. The minimum Gasteiger partial charge on any atom is -0.343 e. The number of hydrogen-bond donors (Lipinski definition) is 2. The Morgan fingerprint density at radius 2 is 1.73 bits per heavy atom. The first kappa shape index (κ1) is 15.4. The number of benzene rings is 2. The summed E-state index contributed by atoms with van der Waals surface area (Å²) in [5, 5.41) is 6.38. The Morgan fingerprint density at radius 3 is 2.41 bits per heavy atom. The van der Waals surface area contributed by atoms with Gasteiger partial charge in [-0.05, 0) is 24.6 Å². The van der Waals surface area contributed by atoms with Gasteiger partial charge in [-0.15, -0.1) is 0 Å². The monoisotopic (exact) mass is 295 g/mol. The molecule has 0 unspecified atom stereocenters. The van der Waals surface area contributed by atoms with Crippen LogP contribution in [-0.4, -0.2) is 24.6 Å². The van der Waals surface area contributed by atoms with E-state index in [1.807, 2.05) is 37.3 Å². The van der Waals surface area contributed by atoms with Crippen LogP contribution in [0.1, 0.15) is 21.5 Å². The van der Waals surface area contributed by atoms with Crippen molar-refractivity contribution in [3.63, 3.8) is 0 Å². The minimum absolute atomic E-state index is 0.126. The average Bonchev–Trinajstić information content (AvgIpc) is 2.55. The van der Waals surface area contributed by atoms with Crippen LogP contribution in [0.2, 0.25) is 0 Å². The second-order valence-corrected chi connectivity index (χ2v) is 4.75. The fourth-order valence-corrected chi connectivity index (χ4v) is 1.72. The number of carbonyl (C=O) groups excluding carboxylic acids is 2. The molecule has 0 heterocycles. The maximum Gasteiger partial charge on any atom is 0.259 e. The number of aryl methyl sites for hydroxylation is 1. The Labute approximate surface area is 129 Å². The van der Waals surface area contributed by atoms with Crippen LogP contribution >= 0.6 is 0 Å². The fourth-order valence-electron chi connectivity index (χ4n) is 1.72. The van der Waals surface area contributed by atoms with Crippen molar-refractivity contribution in [3.8, 4) is 0 Å². The summed E-state index contributed by atoms with van der Waals surface area (Å²) in [5.74, 6) is -0.675. The van der Waals surface area contributed by atoms with Crippen molar-refractivity contribution in [2.45, 2.75) is 6.92 Å². The van der Waals surface area contributed by atoms with Crippen molar-refractivity contribution >= 4 is 18.0 Å². The first-order valence-electron chi connectivity index (χ1n) is 6.87. The van der Waals surface area contributed by atoms with Gasteiger partial charge >= 0.3 is 0 Å². The van der Waals surface area contributed by atoms with Gasteiger partial charge < -0.3 is 5.32 Å². The molecule has 2 aromatic carbocycles. The summed E-state index contributed by atoms with van der Waals surface area (Å²) >= 11 is 0. The predicted octanol–water partition coefficient (Wildman–Crippen LogP) is 1.88. The average molecular weight is 295 g/mol. The van der Waals surface area contributed by atoms with Crippen molar-refractivity contribution in [1.29, 1.82) is 0 Å². The number of hydrogen-bond acceptors (Lipinski definition) is 3. The quantitative estimate of drug-likeness (QED) is 0.653. The molecular weight excluding hydrogens is 278 g/mol. The Bertz CT molecular complexity index is 664. The molecule has 0 atom stereocenters. The van der Waals surface area contributed by atoms with Crippen molar-refractivity contribution in [2.75, 3.05) is 6.54 Å². The van der Waals surface area contributed by atoms with Gasteiger partial charge in [0.25, 0.3) is 11.8 Å². The lowest BCUT2D eigenvalue weighted by Gasteiger charge is -2.03. The standard InChI is InChI=1S/C17H17N3O2/c1-13-7-9-14(10-8-13)11-19-20-16(21)12-18-17(22)15-5-3-2-4-6-15/h2-11H,12H2,1H3,(H,18,22)(H,20,21)/b19-11+. The second kappa shape index (κ2) is 7.73. The maximum atomic E-state index is 11.7. The van der Waals surface area contributed by atoms with Crippen molar-refractivity contribution < 1.29 is 9.59 Å². The van der Waals surface area contributed by atoms with Crippen LogP contribution in [0.15, 0.2) is 59.7 Å². The van der Waals surface area contributed by atoms with E-state index in [9.17, 15) is 9.59 Å². The lowest BCUT2D eigenvalue weighted by atomic mass is 10.2. The van der Waals surface area contributed by atoms with Crippen LogP contribution in [0.3, 0.4) is 0 Å². The van der Waals surface area contributed by atoms with Gasteiger partial charge in [-0.1, -0.05) is 48.0 Å².